The Morgan fingerprint density at radius 2 is 1.87 bits per heavy atom. The van der Waals surface area contributed by atoms with Gasteiger partial charge in [0, 0.05) is 12.8 Å². The zero-order valence-electron chi connectivity index (χ0n) is 18.6. The smallest absolute Gasteiger partial charge is 0.335 e. The second-order valence-electron chi connectivity index (χ2n) is 8.37. The van der Waals surface area contributed by atoms with E-state index in [1.54, 1.807) is 12.1 Å². The van der Waals surface area contributed by atoms with Crippen LogP contribution in [0.1, 0.15) is 61.0 Å². The fraction of sp³-hybridized carbons (Fsp3) is 0.440. The number of carbonyl (C=O) groups is 2. The van der Waals surface area contributed by atoms with Gasteiger partial charge in [0.15, 0.2) is 0 Å². The number of rotatable bonds is 8. The maximum Gasteiger partial charge on any atom is 0.335 e. The lowest BCUT2D eigenvalue weighted by atomic mass is 10.0. The van der Waals surface area contributed by atoms with Gasteiger partial charge in [-0.15, -0.1) is 0 Å². The van der Waals surface area contributed by atoms with E-state index in [-0.39, 0.29) is 23.6 Å². The number of hydrogen-bond donors (Lipinski definition) is 1. The summed E-state index contributed by atoms with van der Waals surface area (Å²) in [7, 11) is 0. The van der Waals surface area contributed by atoms with E-state index < -0.39 is 5.97 Å². The highest BCUT2D eigenvalue weighted by Gasteiger charge is 2.36. The predicted octanol–water partition coefficient (Wildman–Crippen LogP) is 4.65. The predicted molar refractivity (Wildman–Crippen MR) is 119 cm³/mol. The lowest BCUT2D eigenvalue weighted by molar-refractivity contribution is -0.132. The largest absolute Gasteiger partial charge is 0.491 e. The van der Waals surface area contributed by atoms with Crippen molar-refractivity contribution in [3.05, 3.63) is 59.2 Å². The van der Waals surface area contributed by atoms with Crippen molar-refractivity contribution in [1.29, 1.82) is 0 Å². The van der Waals surface area contributed by atoms with E-state index in [0.717, 1.165) is 16.9 Å². The van der Waals surface area contributed by atoms with Gasteiger partial charge in [-0.05, 0) is 54.3 Å². The van der Waals surface area contributed by atoms with Crippen molar-refractivity contribution >= 4 is 11.9 Å². The van der Waals surface area contributed by atoms with Crippen LogP contribution in [0.5, 0.6) is 11.5 Å². The molecule has 0 saturated carbocycles. The third-order valence-corrected chi connectivity index (χ3v) is 5.63. The Bertz CT molecular complexity index is 922. The van der Waals surface area contributed by atoms with E-state index in [4.69, 9.17) is 14.6 Å². The van der Waals surface area contributed by atoms with Crippen LogP contribution in [-0.2, 0) is 4.79 Å². The molecule has 1 fully saturated rings. The third kappa shape index (κ3) is 5.57. The highest BCUT2D eigenvalue weighted by Crippen LogP contribution is 2.31. The Kier molecular flexibility index (Phi) is 7.21. The summed E-state index contributed by atoms with van der Waals surface area (Å²) in [5.41, 5.74) is 2.52. The molecule has 1 amide bonds. The highest BCUT2D eigenvalue weighted by atomic mass is 16.5. The lowest BCUT2D eigenvalue weighted by Gasteiger charge is -2.24. The number of benzene rings is 2. The molecule has 0 spiro atoms. The van der Waals surface area contributed by atoms with E-state index in [2.05, 4.69) is 32.0 Å². The monoisotopic (exact) mass is 425 g/mol. The van der Waals surface area contributed by atoms with Crippen LogP contribution in [0, 0.1) is 6.92 Å². The van der Waals surface area contributed by atoms with E-state index in [0.29, 0.717) is 37.7 Å². The van der Waals surface area contributed by atoms with Crippen LogP contribution >= 0.6 is 0 Å². The normalized spacial score (nSPS) is 18.3. The van der Waals surface area contributed by atoms with Crippen LogP contribution in [-0.4, -0.2) is 47.2 Å². The molecule has 1 aliphatic heterocycles. The Labute approximate surface area is 183 Å². The first kappa shape index (κ1) is 22.7. The van der Waals surface area contributed by atoms with Crippen LogP contribution < -0.4 is 9.47 Å². The van der Waals surface area contributed by atoms with Gasteiger partial charge < -0.3 is 19.5 Å². The lowest BCUT2D eigenvalue weighted by Crippen LogP contribution is -2.39. The van der Waals surface area contributed by atoms with E-state index in [1.165, 1.54) is 12.1 Å². The van der Waals surface area contributed by atoms with E-state index in [9.17, 15) is 9.59 Å². The number of aromatic carboxylic acids is 1. The molecule has 1 heterocycles. The van der Waals surface area contributed by atoms with Crippen molar-refractivity contribution < 1.29 is 24.2 Å². The molecule has 0 aliphatic carbocycles. The van der Waals surface area contributed by atoms with Crippen LogP contribution in [0.2, 0.25) is 0 Å². The van der Waals surface area contributed by atoms with Gasteiger partial charge in [0.2, 0.25) is 5.91 Å². The second kappa shape index (κ2) is 9.86. The van der Waals surface area contributed by atoms with Crippen LogP contribution in [0.3, 0.4) is 0 Å². The third-order valence-electron chi connectivity index (χ3n) is 5.63. The molecule has 2 atom stereocenters. The summed E-state index contributed by atoms with van der Waals surface area (Å²) in [6.45, 7) is 9.06. The van der Waals surface area contributed by atoms with Crippen LogP contribution in [0.4, 0.5) is 0 Å². The standard InChI is InChI=1S/C25H31NO5/c1-5-24(27)26-14-21(31-23-12-17(4)6-11-22(23)16(2)3)13-19(26)15-30-20-9-7-18(8-10-20)25(28)29/h6-12,16,19,21H,5,13-15H2,1-4H3,(H,28,29)/t19-,21-/m0/s1. The van der Waals surface area contributed by atoms with Gasteiger partial charge in [-0.2, -0.15) is 0 Å². The SMILES string of the molecule is CCC(=O)N1C[C@@H](Oc2cc(C)ccc2C(C)C)C[C@H]1COc1ccc(C(=O)O)cc1. The summed E-state index contributed by atoms with van der Waals surface area (Å²) in [6.07, 6.45) is 1.01. The Morgan fingerprint density at radius 3 is 2.48 bits per heavy atom. The van der Waals surface area contributed by atoms with E-state index in [1.807, 2.05) is 18.7 Å². The number of carbonyl (C=O) groups excluding carboxylic acids is 1. The molecular weight excluding hydrogens is 394 g/mol. The number of hydrogen-bond acceptors (Lipinski definition) is 4. The summed E-state index contributed by atoms with van der Waals surface area (Å²) in [5, 5.41) is 9.02. The molecule has 6 heteroatoms. The fourth-order valence-electron chi connectivity index (χ4n) is 3.91. The quantitative estimate of drug-likeness (QED) is 0.666. The van der Waals surface area contributed by atoms with Gasteiger partial charge >= 0.3 is 5.97 Å². The Morgan fingerprint density at radius 1 is 1.16 bits per heavy atom. The first-order valence-corrected chi connectivity index (χ1v) is 10.8. The Balaban J connectivity index is 1.70. The molecule has 0 unspecified atom stereocenters. The molecule has 1 saturated heterocycles. The molecule has 6 nitrogen and oxygen atoms in total. The number of carboxylic acids is 1. The molecule has 1 aliphatic rings. The van der Waals surface area contributed by atoms with Crippen molar-refractivity contribution in [3.8, 4) is 11.5 Å². The Hall–Kier alpha value is -3.02. The number of carboxylic acid groups (broad SMARTS) is 1. The molecule has 2 aromatic carbocycles. The maximum atomic E-state index is 12.5. The minimum absolute atomic E-state index is 0.0780. The number of nitrogens with zero attached hydrogens (tertiary/aromatic N) is 1. The molecule has 3 rings (SSSR count). The number of aryl methyl sites for hydroxylation is 1. The van der Waals surface area contributed by atoms with Gasteiger partial charge in [-0.25, -0.2) is 4.79 Å². The molecule has 1 N–H and O–H groups in total. The second-order valence-corrected chi connectivity index (χ2v) is 8.37. The minimum atomic E-state index is -0.973. The molecule has 0 bridgehead atoms. The van der Waals surface area contributed by atoms with Crippen molar-refractivity contribution in [3.63, 3.8) is 0 Å². The molecule has 0 aromatic heterocycles. The summed E-state index contributed by atoms with van der Waals surface area (Å²) in [5.74, 6) is 0.917. The van der Waals surface area contributed by atoms with Gasteiger partial charge in [0.05, 0.1) is 18.2 Å². The van der Waals surface area contributed by atoms with Crippen molar-refractivity contribution in [2.45, 2.75) is 58.6 Å². The zero-order valence-corrected chi connectivity index (χ0v) is 18.6. The summed E-state index contributed by atoms with van der Waals surface area (Å²) >= 11 is 0. The molecule has 0 radical (unpaired) electrons. The summed E-state index contributed by atoms with van der Waals surface area (Å²) < 4.78 is 12.3. The first-order valence-electron chi connectivity index (χ1n) is 10.8. The van der Waals surface area contributed by atoms with E-state index >= 15 is 0 Å². The number of amides is 1. The van der Waals surface area contributed by atoms with Gasteiger partial charge in [-0.3, -0.25) is 4.79 Å². The summed E-state index contributed by atoms with van der Waals surface area (Å²) in [4.78, 5) is 25.4. The molecule has 2 aromatic rings. The van der Waals surface area contributed by atoms with Crippen molar-refractivity contribution in [1.82, 2.24) is 4.90 Å². The van der Waals surface area contributed by atoms with Crippen LogP contribution in [0.25, 0.3) is 0 Å². The minimum Gasteiger partial charge on any atom is -0.491 e. The van der Waals surface area contributed by atoms with Crippen molar-refractivity contribution in [2.24, 2.45) is 0 Å². The van der Waals surface area contributed by atoms with Gasteiger partial charge in [0.1, 0.15) is 24.2 Å². The molecule has 166 valence electrons. The zero-order chi connectivity index (χ0) is 22.5. The average Bonchev–Trinajstić information content (AvgIpc) is 3.14. The number of ether oxygens (including phenoxy) is 2. The van der Waals surface area contributed by atoms with Gasteiger partial charge in [-0.1, -0.05) is 32.9 Å². The highest BCUT2D eigenvalue weighted by molar-refractivity contribution is 5.87. The first-order chi connectivity index (χ1) is 14.8. The number of likely N-dealkylation sites (tertiary alicyclic amines) is 1. The average molecular weight is 426 g/mol. The van der Waals surface area contributed by atoms with Gasteiger partial charge in [0.25, 0.3) is 0 Å². The molecular formula is C25H31NO5. The fourth-order valence-corrected chi connectivity index (χ4v) is 3.91. The molecule has 31 heavy (non-hydrogen) atoms. The van der Waals surface area contributed by atoms with Crippen molar-refractivity contribution in [2.75, 3.05) is 13.2 Å². The topological polar surface area (TPSA) is 76.1 Å². The van der Waals surface area contributed by atoms with Crippen LogP contribution in [0.15, 0.2) is 42.5 Å². The summed E-state index contributed by atoms with van der Waals surface area (Å²) in [6, 6.07) is 12.5. The maximum absolute atomic E-state index is 12.5.